The van der Waals surface area contributed by atoms with Crippen LogP contribution in [0.5, 0.6) is 0 Å². The normalized spacial score (nSPS) is 24.8. The van der Waals surface area contributed by atoms with Gasteiger partial charge in [-0.3, -0.25) is 9.59 Å². The molecule has 1 N–H and O–H groups in total. The Morgan fingerprint density at radius 1 is 1.38 bits per heavy atom. The Morgan fingerprint density at radius 3 is 2.83 bits per heavy atom. The maximum absolute atomic E-state index is 12.8. The smallest absolute Gasteiger partial charge is 0.244 e. The molecule has 0 saturated carbocycles. The molecule has 0 bridgehead atoms. The molecule has 2 amide bonds. The molecular formula is C18H24N2O3S. The Bertz CT molecular complexity index is 575. The highest BCUT2D eigenvalue weighted by atomic mass is 32.2. The highest BCUT2D eigenvalue weighted by Gasteiger charge is 2.37. The van der Waals surface area contributed by atoms with Crippen LogP contribution in [0.1, 0.15) is 37.8 Å². The fourth-order valence-electron chi connectivity index (χ4n) is 3.27. The molecule has 1 aromatic carbocycles. The van der Waals surface area contributed by atoms with Crippen molar-refractivity contribution in [2.75, 3.05) is 18.2 Å². The van der Waals surface area contributed by atoms with E-state index in [2.05, 4.69) is 5.32 Å². The van der Waals surface area contributed by atoms with E-state index < -0.39 is 0 Å². The number of rotatable bonds is 5. The zero-order valence-electron chi connectivity index (χ0n) is 13.9. The third kappa shape index (κ3) is 3.75. The molecule has 3 rings (SSSR count). The molecule has 24 heavy (non-hydrogen) atoms. The number of hydrogen-bond donors (Lipinski definition) is 1. The largest absolute Gasteiger partial charge is 0.376 e. The molecule has 2 aliphatic heterocycles. The number of nitrogens with one attached hydrogen (secondary N) is 1. The van der Waals surface area contributed by atoms with Crippen molar-refractivity contribution in [1.82, 2.24) is 10.2 Å². The molecule has 6 heteroatoms. The van der Waals surface area contributed by atoms with E-state index in [4.69, 9.17) is 4.74 Å². The monoisotopic (exact) mass is 348 g/mol. The van der Waals surface area contributed by atoms with Crippen LogP contribution in [0, 0.1) is 0 Å². The quantitative estimate of drug-likeness (QED) is 0.887. The SMILES string of the molecule is CCC(=O)N1CSC[C@@H]1C(=O)N[C@@H](c1ccccc1)[C@@H]1CCCO1. The van der Waals surface area contributed by atoms with Gasteiger partial charge in [-0.1, -0.05) is 37.3 Å². The first-order chi connectivity index (χ1) is 11.7. The number of hydrogen-bond acceptors (Lipinski definition) is 4. The van der Waals surface area contributed by atoms with Gasteiger partial charge in [-0.15, -0.1) is 11.8 Å². The summed E-state index contributed by atoms with van der Waals surface area (Å²) in [6, 6.07) is 9.41. The van der Waals surface area contributed by atoms with Crippen molar-refractivity contribution >= 4 is 23.6 Å². The molecule has 0 aromatic heterocycles. The Kier molecular flexibility index (Phi) is 5.79. The zero-order valence-corrected chi connectivity index (χ0v) is 14.8. The predicted molar refractivity (Wildman–Crippen MR) is 94.5 cm³/mol. The molecule has 130 valence electrons. The van der Waals surface area contributed by atoms with E-state index in [9.17, 15) is 9.59 Å². The van der Waals surface area contributed by atoms with Crippen molar-refractivity contribution in [3.05, 3.63) is 35.9 Å². The van der Waals surface area contributed by atoms with Crippen molar-refractivity contribution in [1.29, 1.82) is 0 Å². The highest BCUT2D eigenvalue weighted by molar-refractivity contribution is 7.99. The maximum atomic E-state index is 12.8. The summed E-state index contributed by atoms with van der Waals surface area (Å²) in [6.45, 7) is 2.57. The van der Waals surface area contributed by atoms with Crippen LogP contribution >= 0.6 is 11.8 Å². The van der Waals surface area contributed by atoms with Gasteiger partial charge < -0.3 is 15.0 Å². The topological polar surface area (TPSA) is 58.6 Å². The second-order valence-electron chi connectivity index (χ2n) is 6.18. The Balaban J connectivity index is 1.74. The van der Waals surface area contributed by atoms with Crippen LogP contribution in [-0.2, 0) is 14.3 Å². The van der Waals surface area contributed by atoms with Gasteiger partial charge in [-0.2, -0.15) is 0 Å². The van der Waals surface area contributed by atoms with E-state index in [1.54, 1.807) is 16.7 Å². The van der Waals surface area contributed by atoms with Crippen molar-refractivity contribution in [2.24, 2.45) is 0 Å². The standard InChI is InChI=1S/C18H24N2O3S/c1-2-16(21)20-12-24-11-14(20)18(22)19-17(15-9-6-10-23-15)13-7-4-3-5-8-13/h3-5,7-8,14-15,17H,2,6,9-12H2,1H3,(H,19,22)/t14-,15+,17+/m1/s1. The fourth-order valence-corrected chi connectivity index (χ4v) is 4.46. The summed E-state index contributed by atoms with van der Waals surface area (Å²) in [5.74, 6) is 1.21. The van der Waals surface area contributed by atoms with Gasteiger partial charge in [-0.05, 0) is 18.4 Å². The van der Waals surface area contributed by atoms with Crippen LogP contribution in [0.3, 0.4) is 0 Å². The first kappa shape index (κ1) is 17.3. The Labute approximate surface area is 147 Å². The van der Waals surface area contributed by atoms with Gasteiger partial charge in [0, 0.05) is 18.8 Å². The van der Waals surface area contributed by atoms with Gasteiger partial charge in [0.1, 0.15) is 6.04 Å². The second kappa shape index (κ2) is 8.03. The summed E-state index contributed by atoms with van der Waals surface area (Å²) in [7, 11) is 0. The summed E-state index contributed by atoms with van der Waals surface area (Å²) in [6.07, 6.45) is 2.39. The molecule has 2 saturated heterocycles. The van der Waals surface area contributed by atoms with Crippen LogP contribution in [0.2, 0.25) is 0 Å². The molecule has 2 aliphatic rings. The number of carbonyl (C=O) groups is 2. The van der Waals surface area contributed by atoms with Crippen molar-refractivity contribution in [3.63, 3.8) is 0 Å². The first-order valence-corrected chi connectivity index (χ1v) is 9.70. The molecule has 0 aliphatic carbocycles. The summed E-state index contributed by atoms with van der Waals surface area (Å²) >= 11 is 1.63. The molecule has 3 atom stereocenters. The van der Waals surface area contributed by atoms with Crippen LogP contribution in [0.4, 0.5) is 0 Å². The van der Waals surface area contributed by atoms with Crippen molar-refractivity contribution in [3.8, 4) is 0 Å². The lowest BCUT2D eigenvalue weighted by molar-refractivity contribution is -0.138. The molecule has 0 spiro atoms. The fraction of sp³-hybridized carbons (Fsp3) is 0.556. The Morgan fingerprint density at radius 2 is 2.17 bits per heavy atom. The lowest BCUT2D eigenvalue weighted by Gasteiger charge is -2.28. The predicted octanol–water partition coefficient (Wildman–Crippen LogP) is 2.33. The van der Waals surface area contributed by atoms with E-state index in [1.807, 2.05) is 37.3 Å². The molecule has 1 aromatic rings. The van der Waals surface area contributed by atoms with Gasteiger partial charge >= 0.3 is 0 Å². The average Bonchev–Trinajstić information content (AvgIpc) is 3.31. The third-order valence-electron chi connectivity index (χ3n) is 4.60. The minimum Gasteiger partial charge on any atom is -0.376 e. The van der Waals surface area contributed by atoms with E-state index in [1.165, 1.54) is 0 Å². The summed E-state index contributed by atoms with van der Waals surface area (Å²) in [5.41, 5.74) is 1.05. The lowest BCUT2D eigenvalue weighted by Crippen LogP contribution is -2.49. The lowest BCUT2D eigenvalue weighted by atomic mass is 9.99. The molecule has 0 radical (unpaired) electrons. The van der Waals surface area contributed by atoms with Gasteiger partial charge in [0.05, 0.1) is 18.0 Å². The van der Waals surface area contributed by atoms with Crippen LogP contribution in [0.15, 0.2) is 30.3 Å². The minimum atomic E-state index is -0.380. The third-order valence-corrected chi connectivity index (χ3v) is 5.61. The minimum absolute atomic E-state index is 0.000679. The zero-order chi connectivity index (χ0) is 16.9. The number of amides is 2. The van der Waals surface area contributed by atoms with Crippen molar-refractivity contribution < 1.29 is 14.3 Å². The van der Waals surface area contributed by atoms with Gasteiger partial charge in [-0.25, -0.2) is 0 Å². The van der Waals surface area contributed by atoms with Gasteiger partial charge in [0.2, 0.25) is 11.8 Å². The summed E-state index contributed by atoms with van der Waals surface area (Å²) < 4.78 is 5.83. The maximum Gasteiger partial charge on any atom is 0.244 e. The van der Waals surface area contributed by atoms with E-state index in [0.29, 0.717) is 18.1 Å². The van der Waals surface area contributed by atoms with Crippen LogP contribution in [0.25, 0.3) is 0 Å². The molecule has 0 unspecified atom stereocenters. The van der Waals surface area contributed by atoms with E-state index >= 15 is 0 Å². The van der Waals surface area contributed by atoms with E-state index in [0.717, 1.165) is 25.0 Å². The number of thioether (sulfide) groups is 1. The summed E-state index contributed by atoms with van der Waals surface area (Å²) in [4.78, 5) is 26.6. The highest BCUT2D eigenvalue weighted by Crippen LogP contribution is 2.28. The average molecular weight is 348 g/mol. The van der Waals surface area contributed by atoms with E-state index in [-0.39, 0.29) is 30.0 Å². The summed E-state index contributed by atoms with van der Waals surface area (Å²) in [5, 5.41) is 3.15. The van der Waals surface area contributed by atoms with Gasteiger partial charge in [0.25, 0.3) is 0 Å². The number of carbonyl (C=O) groups excluding carboxylic acids is 2. The molecule has 5 nitrogen and oxygen atoms in total. The number of nitrogens with zero attached hydrogens (tertiary/aromatic N) is 1. The second-order valence-corrected chi connectivity index (χ2v) is 7.18. The molecule has 2 heterocycles. The molecular weight excluding hydrogens is 324 g/mol. The van der Waals surface area contributed by atoms with Crippen LogP contribution in [-0.4, -0.2) is 47.1 Å². The van der Waals surface area contributed by atoms with Crippen LogP contribution < -0.4 is 5.32 Å². The van der Waals surface area contributed by atoms with Gasteiger partial charge in [0.15, 0.2) is 0 Å². The molecule has 2 fully saturated rings. The Hall–Kier alpha value is -1.53. The number of ether oxygens (including phenoxy) is 1. The number of benzene rings is 1. The first-order valence-electron chi connectivity index (χ1n) is 8.55. The van der Waals surface area contributed by atoms with Crippen molar-refractivity contribution in [2.45, 2.75) is 44.4 Å².